The summed E-state index contributed by atoms with van der Waals surface area (Å²) in [7, 11) is 0. The first kappa shape index (κ1) is 104. The van der Waals surface area contributed by atoms with Gasteiger partial charge in [0, 0.05) is 60.3 Å². The highest BCUT2D eigenvalue weighted by molar-refractivity contribution is 7.07. The van der Waals surface area contributed by atoms with Gasteiger partial charge in [-0.25, -0.2) is 19.3 Å². The van der Waals surface area contributed by atoms with Crippen molar-refractivity contribution in [2.75, 3.05) is 0 Å². The largest absolute Gasteiger partial charge is 0.473 e. The number of H-pyrrole nitrogens is 6. The van der Waals surface area contributed by atoms with Crippen molar-refractivity contribution in [2.24, 2.45) is 0 Å². The van der Waals surface area contributed by atoms with Gasteiger partial charge in [0.1, 0.15) is 25.2 Å². The molecular formula is C59H113N19O3S3. The summed E-state index contributed by atoms with van der Waals surface area (Å²) >= 11 is 4.78. The van der Waals surface area contributed by atoms with Gasteiger partial charge in [0.2, 0.25) is 0 Å². The van der Waals surface area contributed by atoms with Gasteiger partial charge in [0.05, 0.1) is 49.2 Å². The van der Waals surface area contributed by atoms with Crippen molar-refractivity contribution in [1.29, 1.82) is 0 Å². The molecule has 12 heterocycles. The van der Waals surface area contributed by atoms with Gasteiger partial charge in [-0.1, -0.05) is 189 Å². The number of furan rings is 1. The van der Waals surface area contributed by atoms with Gasteiger partial charge < -0.3 is 23.3 Å². The van der Waals surface area contributed by atoms with E-state index in [0.717, 1.165) is 0 Å². The number of aromatic nitrogens is 19. The molecule has 25 heteroatoms. The van der Waals surface area contributed by atoms with E-state index >= 15 is 0 Å². The number of aromatic amines is 6. The first-order valence-electron chi connectivity index (χ1n) is 28.5. The highest BCUT2D eigenvalue weighted by Crippen LogP contribution is 1.91. The maximum atomic E-state index is 4.58. The Morgan fingerprint density at radius 1 is 0.345 bits per heavy atom. The highest BCUT2D eigenvalue weighted by atomic mass is 32.1. The van der Waals surface area contributed by atoms with E-state index in [1.165, 1.54) is 49.4 Å². The van der Waals surface area contributed by atoms with Crippen LogP contribution in [0.15, 0.2) is 226 Å². The second-order valence-electron chi connectivity index (χ2n) is 8.59. The molecule has 0 aliphatic carbocycles. The number of hydrogen-bond acceptors (Lipinski definition) is 19. The molecule has 0 aliphatic heterocycles. The predicted molar refractivity (Wildman–Crippen MR) is 361 cm³/mol. The fourth-order valence-electron chi connectivity index (χ4n) is 2.33. The number of oxazole rings is 1. The zero-order valence-corrected chi connectivity index (χ0v) is 57.9. The van der Waals surface area contributed by atoms with Crippen molar-refractivity contribution in [2.45, 2.75) is 166 Å². The molecule has 0 fully saturated rings. The molecule has 12 aromatic heterocycles. The summed E-state index contributed by atoms with van der Waals surface area (Å²) < 4.78 is 17.2. The zero-order valence-electron chi connectivity index (χ0n) is 55.5. The lowest BCUT2D eigenvalue weighted by molar-refractivity contribution is 0.420. The monoisotopic (exact) mass is 1230 g/mol. The van der Waals surface area contributed by atoms with Gasteiger partial charge >= 0.3 is 0 Å². The minimum absolute atomic E-state index is 1.33. The number of rotatable bonds is 0. The number of thiazole rings is 1. The number of imidazole rings is 1. The van der Waals surface area contributed by atoms with Gasteiger partial charge in [0.15, 0.2) is 12.7 Å². The van der Waals surface area contributed by atoms with Gasteiger partial charge in [0.25, 0.3) is 0 Å². The molecule has 22 nitrogen and oxygen atoms in total. The van der Waals surface area contributed by atoms with Crippen LogP contribution in [0.4, 0.5) is 0 Å². The van der Waals surface area contributed by atoms with Crippen LogP contribution in [0.1, 0.15) is 166 Å². The first-order valence-corrected chi connectivity index (χ1v) is 31.2. The van der Waals surface area contributed by atoms with E-state index < -0.39 is 0 Å². The maximum absolute atomic E-state index is 4.58. The van der Waals surface area contributed by atoms with Crippen molar-refractivity contribution < 1.29 is 13.4 Å². The molecule has 0 aromatic carbocycles. The summed E-state index contributed by atoms with van der Waals surface area (Å²) in [6, 6.07) is 17.1. The van der Waals surface area contributed by atoms with Crippen molar-refractivity contribution in [3.63, 3.8) is 0 Å². The Balaban J connectivity index is -0.0000000652. The zero-order chi connectivity index (χ0) is 66.4. The second kappa shape index (κ2) is 152. The van der Waals surface area contributed by atoms with Crippen molar-refractivity contribution in [1.82, 2.24) is 95.9 Å². The average molecular weight is 1230 g/mol. The van der Waals surface area contributed by atoms with Gasteiger partial charge in [-0.05, 0) is 64.8 Å². The Labute approximate surface area is 519 Å². The number of hydrogen-bond donors (Lipinski definition) is 6. The van der Waals surface area contributed by atoms with Gasteiger partial charge in [-0.2, -0.15) is 42.2 Å². The SMILES string of the molecule is CC.CC.CC.CC.CC.CC.CC.CC.CC.CC.CC.CC.c1c[nH]cn1.c1cc[nH]c1.c1ccoc1.c1ccsc1.c1cn[nH]c1.c1cn[nH]n1.c1cnoc1.c1cnsc1.c1cocn1.c1cscn1.c1nc[nH]n1.c1nn[nH]n1. The number of thiophene rings is 1. The van der Waals surface area contributed by atoms with Crippen LogP contribution in [0, 0.1) is 0 Å². The molecule has 0 amide bonds. The number of tetrazole rings is 1. The number of nitrogens with one attached hydrogen (secondary N) is 6. The molecule has 0 radical (unpaired) electrons. The molecule has 84 heavy (non-hydrogen) atoms. The lowest BCUT2D eigenvalue weighted by atomic mass is 10.7. The van der Waals surface area contributed by atoms with E-state index in [0.29, 0.717) is 0 Å². The van der Waals surface area contributed by atoms with Crippen molar-refractivity contribution in [3.05, 3.63) is 213 Å². The molecule has 0 bridgehead atoms. The molecule has 0 saturated heterocycles. The van der Waals surface area contributed by atoms with Crippen LogP contribution in [0.5, 0.6) is 0 Å². The summed E-state index contributed by atoms with van der Waals surface area (Å²) in [5.41, 5.74) is 1.79. The molecule has 0 atom stereocenters. The van der Waals surface area contributed by atoms with Crippen molar-refractivity contribution >= 4 is 34.2 Å². The highest BCUT2D eigenvalue weighted by Gasteiger charge is 1.64. The topological polar surface area (TPSA) is 302 Å². The average Bonchev–Trinajstić information content (AvgIpc) is 4.42. The summed E-state index contributed by atoms with van der Waals surface area (Å²) in [6.45, 7) is 48.0. The third kappa shape index (κ3) is 146. The Bertz CT molecular complexity index is 1340. The Morgan fingerprint density at radius 3 is 1.11 bits per heavy atom. The summed E-state index contributed by atoms with van der Waals surface area (Å²) in [5, 5.41) is 45.0. The summed E-state index contributed by atoms with van der Waals surface area (Å²) in [6.07, 6.45) is 34.1. The molecule has 0 unspecified atom stereocenters. The van der Waals surface area contributed by atoms with Crippen molar-refractivity contribution in [3.8, 4) is 0 Å². The minimum Gasteiger partial charge on any atom is -0.473 e. The van der Waals surface area contributed by atoms with Gasteiger partial charge in [-0.3, -0.25) is 15.2 Å². The van der Waals surface area contributed by atoms with E-state index in [1.807, 2.05) is 249 Å². The molecule has 12 rings (SSSR count). The standard InChI is InChI=1S/C4H5N.C4H4O.C4H4S.2C3H4N2.2C3H3NO.2C3H3NS.2C2H3N3.12C2H6.CH2N4/c3*1-2-4-5-3-1;1-2-5-3-4-1;1-2-4-5-3-1;1-2-5-3-4-1;1-2-4-5-3-1;1-2-5-3-4-1;1-2-4-5-3-1;1-3-2-5-4-1;1-2-4-5-3-1;12*1-2;1-2-4-5-3-1/h1-5H;2*1-4H;2*1-3H,(H,4,5);4*1-3H;2*1-2H,(H,3,4,5);12*1-2H3;1H,(H,2,3,4,5). The molecule has 0 aliphatic rings. The molecule has 12 aromatic rings. The first-order chi connectivity index (χ1) is 42.0. The smallest absolute Gasteiger partial charge is 0.180 e. The quantitative estimate of drug-likeness (QED) is 0.0822. The molecular weight excluding hydrogens is 1120 g/mol. The molecule has 6 N–H and O–H groups in total. The Hall–Kier alpha value is -8.29. The third-order valence-corrected chi connectivity index (χ3v) is 6.15. The van der Waals surface area contributed by atoms with E-state index in [1.54, 1.807) is 115 Å². The van der Waals surface area contributed by atoms with E-state index in [2.05, 4.69) is 109 Å². The van der Waals surface area contributed by atoms with E-state index in [-0.39, 0.29) is 0 Å². The molecule has 0 saturated carbocycles. The Kier molecular flexibility index (Phi) is 188. The minimum atomic E-state index is 1.33. The van der Waals surface area contributed by atoms with Crippen LogP contribution < -0.4 is 0 Å². The van der Waals surface area contributed by atoms with Crippen LogP contribution in [0.25, 0.3) is 0 Å². The van der Waals surface area contributed by atoms with Gasteiger partial charge in [-0.15, -0.1) is 21.5 Å². The molecule has 480 valence electrons. The van der Waals surface area contributed by atoms with Crippen LogP contribution >= 0.6 is 34.2 Å². The fourth-order valence-corrected chi connectivity index (χ4v) is 3.48. The Morgan fingerprint density at radius 2 is 0.964 bits per heavy atom. The predicted octanol–water partition coefficient (Wildman–Crippen LogP) is 19.6. The third-order valence-electron chi connectivity index (χ3n) is 4.48. The molecule has 0 spiro atoms. The second-order valence-corrected chi connectivity index (χ2v) is 10.9. The normalized spacial score (nSPS) is 6.57. The maximum Gasteiger partial charge on any atom is 0.180 e. The van der Waals surface area contributed by atoms with Crippen LogP contribution in [0.2, 0.25) is 0 Å². The van der Waals surface area contributed by atoms with Crippen LogP contribution in [-0.2, 0) is 0 Å². The summed E-state index contributed by atoms with van der Waals surface area (Å²) in [4.78, 5) is 20.1. The number of nitrogens with zero attached hydrogens (tertiary/aromatic N) is 13. The van der Waals surface area contributed by atoms with E-state index in [4.69, 9.17) is 0 Å². The van der Waals surface area contributed by atoms with Crippen LogP contribution in [-0.4, -0.2) is 95.9 Å². The van der Waals surface area contributed by atoms with E-state index in [9.17, 15) is 0 Å². The summed E-state index contributed by atoms with van der Waals surface area (Å²) in [5.74, 6) is 0. The lowest BCUT2D eigenvalue weighted by Crippen LogP contribution is -1.64. The van der Waals surface area contributed by atoms with Crippen LogP contribution in [0.3, 0.4) is 0 Å². The lowest BCUT2D eigenvalue weighted by Gasteiger charge is -1.50. The fraction of sp³-hybridized carbons (Fsp3) is 0.407.